The summed E-state index contributed by atoms with van der Waals surface area (Å²) in [6.45, 7) is 11.2. The average molecular weight is 454 g/mol. The van der Waals surface area contributed by atoms with Crippen molar-refractivity contribution in [3.05, 3.63) is 47.3 Å². The minimum atomic E-state index is -0.0369. The number of piperidine rings is 1. The lowest BCUT2D eigenvalue weighted by molar-refractivity contribution is -0.126. The molecule has 0 radical (unpaired) electrons. The van der Waals surface area contributed by atoms with Crippen molar-refractivity contribution >= 4 is 11.8 Å². The lowest BCUT2D eigenvalue weighted by Gasteiger charge is -2.33. The number of amides is 2. The van der Waals surface area contributed by atoms with Gasteiger partial charge in [-0.25, -0.2) is 4.68 Å². The summed E-state index contributed by atoms with van der Waals surface area (Å²) in [7, 11) is 4.09. The summed E-state index contributed by atoms with van der Waals surface area (Å²) < 4.78 is 1.86. The molecule has 0 spiro atoms. The molecule has 0 bridgehead atoms. The van der Waals surface area contributed by atoms with Gasteiger partial charge in [-0.15, -0.1) is 0 Å². The predicted molar refractivity (Wildman–Crippen MR) is 132 cm³/mol. The van der Waals surface area contributed by atoms with E-state index in [1.54, 1.807) is 6.20 Å². The Bertz CT molecular complexity index is 954. The minimum absolute atomic E-state index is 0.0104. The predicted octanol–water partition coefficient (Wildman–Crippen LogP) is 3.30. The summed E-state index contributed by atoms with van der Waals surface area (Å²) in [5.74, 6) is 0.0803. The third kappa shape index (κ3) is 6.22. The van der Waals surface area contributed by atoms with Gasteiger partial charge in [0.15, 0.2) is 0 Å². The Morgan fingerprint density at radius 1 is 1.15 bits per heavy atom. The van der Waals surface area contributed by atoms with Crippen molar-refractivity contribution in [2.24, 2.45) is 11.3 Å². The van der Waals surface area contributed by atoms with Crippen LogP contribution < -0.4 is 5.32 Å². The van der Waals surface area contributed by atoms with E-state index in [0.29, 0.717) is 38.0 Å². The standard InChI is InChI=1S/C26H39N5O2/c1-7-23-22(16-28-31(23)21-10-8-19(2)9-11-21)25(33)30-14-12-20(13-15-30)24(32)27-17-26(3,4)18-29(5)6/h8-11,16,20H,7,12-15,17-18H2,1-6H3,(H,27,32). The van der Waals surface area contributed by atoms with Gasteiger partial charge in [0.1, 0.15) is 0 Å². The number of benzene rings is 1. The first-order valence-electron chi connectivity index (χ1n) is 12.0. The number of nitrogens with zero attached hydrogens (tertiary/aromatic N) is 4. The zero-order chi connectivity index (χ0) is 24.2. The second-order valence-electron chi connectivity index (χ2n) is 10.3. The maximum absolute atomic E-state index is 13.3. The summed E-state index contributed by atoms with van der Waals surface area (Å²) >= 11 is 0. The molecule has 1 aliphatic heterocycles. The molecule has 2 amide bonds. The maximum atomic E-state index is 13.3. The number of rotatable bonds is 8. The molecular formula is C26H39N5O2. The van der Waals surface area contributed by atoms with E-state index in [-0.39, 0.29) is 23.1 Å². The van der Waals surface area contributed by atoms with Crippen molar-refractivity contribution in [3.63, 3.8) is 0 Å². The Morgan fingerprint density at radius 2 is 1.79 bits per heavy atom. The largest absolute Gasteiger partial charge is 0.355 e. The summed E-state index contributed by atoms with van der Waals surface area (Å²) in [6, 6.07) is 8.16. The van der Waals surface area contributed by atoms with Crippen LogP contribution in [0.1, 0.15) is 55.2 Å². The van der Waals surface area contributed by atoms with Crippen LogP contribution in [0.4, 0.5) is 0 Å². The van der Waals surface area contributed by atoms with Crippen LogP contribution in [-0.2, 0) is 11.2 Å². The SMILES string of the molecule is CCc1c(C(=O)N2CCC(C(=O)NCC(C)(C)CN(C)C)CC2)cnn1-c1ccc(C)cc1. The fraction of sp³-hybridized carbons (Fsp3) is 0.577. The summed E-state index contributed by atoms with van der Waals surface area (Å²) in [6.07, 6.45) is 3.79. The van der Waals surface area contributed by atoms with Crippen LogP contribution in [0.25, 0.3) is 5.69 Å². The average Bonchev–Trinajstić information content (AvgIpc) is 3.21. The van der Waals surface area contributed by atoms with Gasteiger partial charge in [0, 0.05) is 32.1 Å². The molecule has 1 aliphatic rings. The monoisotopic (exact) mass is 453 g/mol. The third-order valence-corrected chi connectivity index (χ3v) is 6.35. The van der Waals surface area contributed by atoms with Gasteiger partial charge >= 0.3 is 0 Å². The molecule has 0 aliphatic carbocycles. The smallest absolute Gasteiger partial charge is 0.257 e. The molecule has 1 aromatic heterocycles. The Labute approximate surface area is 198 Å². The second kappa shape index (κ2) is 10.5. The van der Waals surface area contributed by atoms with Gasteiger partial charge in [-0.05, 0) is 57.8 Å². The molecule has 180 valence electrons. The lowest BCUT2D eigenvalue weighted by atomic mass is 9.91. The molecule has 1 saturated heterocycles. The molecule has 0 atom stereocenters. The normalized spacial score (nSPS) is 15.2. The van der Waals surface area contributed by atoms with Crippen LogP contribution in [0.5, 0.6) is 0 Å². The van der Waals surface area contributed by atoms with Gasteiger partial charge in [0.2, 0.25) is 5.91 Å². The molecule has 7 heteroatoms. The summed E-state index contributed by atoms with van der Waals surface area (Å²) in [5.41, 5.74) is 3.75. The third-order valence-electron chi connectivity index (χ3n) is 6.35. The molecule has 7 nitrogen and oxygen atoms in total. The molecule has 1 fully saturated rings. The van der Waals surface area contributed by atoms with Crippen LogP contribution in [0, 0.1) is 18.3 Å². The van der Waals surface area contributed by atoms with Gasteiger partial charge in [0.05, 0.1) is 23.1 Å². The number of hydrogen-bond acceptors (Lipinski definition) is 4. The first-order valence-corrected chi connectivity index (χ1v) is 12.0. The van der Waals surface area contributed by atoms with Gasteiger partial charge in [0.25, 0.3) is 5.91 Å². The van der Waals surface area contributed by atoms with Crippen LogP contribution in [0.2, 0.25) is 0 Å². The van der Waals surface area contributed by atoms with Crippen LogP contribution in [0.15, 0.2) is 30.5 Å². The quantitative estimate of drug-likeness (QED) is 0.666. The van der Waals surface area contributed by atoms with E-state index in [0.717, 1.165) is 24.3 Å². The molecule has 0 unspecified atom stereocenters. The highest BCUT2D eigenvalue weighted by Crippen LogP contribution is 2.23. The highest BCUT2D eigenvalue weighted by Gasteiger charge is 2.30. The van der Waals surface area contributed by atoms with Crippen molar-refractivity contribution in [2.45, 2.75) is 47.0 Å². The van der Waals surface area contributed by atoms with Gasteiger partial charge < -0.3 is 15.1 Å². The summed E-state index contributed by atoms with van der Waals surface area (Å²) in [5, 5.41) is 7.65. The highest BCUT2D eigenvalue weighted by atomic mass is 16.2. The van der Waals surface area contributed by atoms with Crippen molar-refractivity contribution in [1.82, 2.24) is 24.9 Å². The zero-order valence-corrected chi connectivity index (χ0v) is 21.0. The zero-order valence-electron chi connectivity index (χ0n) is 21.0. The molecule has 3 rings (SSSR count). The van der Waals surface area contributed by atoms with Gasteiger partial charge in [-0.3, -0.25) is 9.59 Å². The molecule has 2 aromatic rings. The fourth-order valence-electron chi connectivity index (χ4n) is 4.70. The van der Waals surface area contributed by atoms with E-state index in [2.05, 4.69) is 48.2 Å². The fourth-order valence-corrected chi connectivity index (χ4v) is 4.70. The van der Waals surface area contributed by atoms with Crippen LogP contribution in [0.3, 0.4) is 0 Å². The summed E-state index contributed by atoms with van der Waals surface area (Å²) in [4.78, 5) is 30.0. The molecule has 0 saturated carbocycles. The number of hydrogen-bond donors (Lipinski definition) is 1. The van der Waals surface area contributed by atoms with E-state index >= 15 is 0 Å². The number of nitrogens with one attached hydrogen (secondary N) is 1. The van der Waals surface area contributed by atoms with Crippen molar-refractivity contribution < 1.29 is 9.59 Å². The number of aryl methyl sites for hydroxylation is 1. The number of carbonyl (C=O) groups is 2. The topological polar surface area (TPSA) is 70.5 Å². The molecular weight excluding hydrogens is 414 g/mol. The van der Waals surface area contributed by atoms with E-state index in [1.165, 1.54) is 5.56 Å². The molecule has 33 heavy (non-hydrogen) atoms. The first-order chi connectivity index (χ1) is 15.6. The Balaban J connectivity index is 1.59. The van der Waals surface area contributed by atoms with E-state index in [1.807, 2.05) is 42.7 Å². The van der Waals surface area contributed by atoms with E-state index in [4.69, 9.17) is 0 Å². The van der Waals surface area contributed by atoms with Gasteiger partial charge in [-0.1, -0.05) is 38.5 Å². The first kappa shape index (κ1) is 25.0. The number of carbonyl (C=O) groups excluding carboxylic acids is 2. The number of aromatic nitrogens is 2. The second-order valence-corrected chi connectivity index (χ2v) is 10.3. The maximum Gasteiger partial charge on any atom is 0.257 e. The number of likely N-dealkylation sites (tertiary alicyclic amines) is 1. The Morgan fingerprint density at radius 3 is 2.36 bits per heavy atom. The van der Waals surface area contributed by atoms with Crippen molar-refractivity contribution in [3.8, 4) is 5.69 Å². The van der Waals surface area contributed by atoms with Crippen LogP contribution >= 0.6 is 0 Å². The van der Waals surface area contributed by atoms with Crippen molar-refractivity contribution in [1.29, 1.82) is 0 Å². The molecule has 1 aromatic carbocycles. The Kier molecular flexibility index (Phi) is 7.95. The highest BCUT2D eigenvalue weighted by molar-refractivity contribution is 5.95. The Hall–Kier alpha value is -2.67. The van der Waals surface area contributed by atoms with Crippen LogP contribution in [-0.4, -0.2) is 71.7 Å². The lowest BCUT2D eigenvalue weighted by Crippen LogP contribution is -2.46. The van der Waals surface area contributed by atoms with E-state index in [9.17, 15) is 9.59 Å². The van der Waals surface area contributed by atoms with Gasteiger partial charge in [-0.2, -0.15) is 5.10 Å². The molecule has 1 N–H and O–H groups in total. The minimum Gasteiger partial charge on any atom is -0.355 e. The van der Waals surface area contributed by atoms with E-state index < -0.39 is 0 Å². The molecule has 2 heterocycles. The van der Waals surface area contributed by atoms with Crippen molar-refractivity contribution in [2.75, 3.05) is 40.3 Å².